The molecule has 1 fully saturated rings. The van der Waals surface area contributed by atoms with E-state index in [-0.39, 0.29) is 5.91 Å². The molecule has 0 aromatic carbocycles. The molecule has 2 amide bonds. The second-order valence-electron chi connectivity index (χ2n) is 6.29. The summed E-state index contributed by atoms with van der Waals surface area (Å²) in [6.45, 7) is 10.9. The van der Waals surface area contributed by atoms with E-state index in [2.05, 4.69) is 15.5 Å². The predicted octanol–water partition coefficient (Wildman–Crippen LogP) is 0.693. The van der Waals surface area contributed by atoms with Crippen molar-refractivity contribution in [2.75, 3.05) is 57.4 Å². The van der Waals surface area contributed by atoms with E-state index in [1.165, 1.54) is 11.8 Å². The molecule has 1 aliphatic rings. The fraction of sp³-hybridized carbons (Fsp3) is 0.867. The number of carbonyl (C=O) groups excluding carboxylic acids is 2. The lowest BCUT2D eigenvalue weighted by molar-refractivity contribution is -0.118. The summed E-state index contributed by atoms with van der Waals surface area (Å²) in [6.07, 6.45) is -0.423. The molecule has 0 unspecified atom stereocenters. The van der Waals surface area contributed by atoms with E-state index < -0.39 is 11.7 Å². The first-order chi connectivity index (χ1) is 10.9. The second-order valence-corrected chi connectivity index (χ2v) is 7.39. The standard InChI is InChI=1S/C15H29N3O4S/c1-15(2,3)22-14(20)17-5-11-23-12-13(19)16-4-6-18-7-9-21-10-8-18/h4-12H2,1-3H3,(H,16,19)(H,17,20). The van der Waals surface area contributed by atoms with Crippen LogP contribution in [-0.2, 0) is 14.3 Å². The van der Waals surface area contributed by atoms with Crippen molar-refractivity contribution >= 4 is 23.8 Å². The van der Waals surface area contributed by atoms with Crippen LogP contribution in [0.25, 0.3) is 0 Å². The smallest absolute Gasteiger partial charge is 0.407 e. The van der Waals surface area contributed by atoms with E-state index in [9.17, 15) is 9.59 Å². The number of rotatable bonds is 8. The van der Waals surface area contributed by atoms with Crippen molar-refractivity contribution in [3.8, 4) is 0 Å². The van der Waals surface area contributed by atoms with Gasteiger partial charge in [0, 0.05) is 38.5 Å². The molecule has 0 aliphatic carbocycles. The third kappa shape index (κ3) is 11.2. The van der Waals surface area contributed by atoms with Crippen molar-refractivity contribution in [1.29, 1.82) is 0 Å². The average molecular weight is 347 g/mol. The molecule has 0 saturated carbocycles. The van der Waals surface area contributed by atoms with Gasteiger partial charge < -0.3 is 20.1 Å². The molecule has 8 heteroatoms. The predicted molar refractivity (Wildman–Crippen MR) is 91.8 cm³/mol. The maximum atomic E-state index is 11.7. The first-order valence-electron chi connectivity index (χ1n) is 7.98. The molecule has 0 spiro atoms. The number of carbonyl (C=O) groups is 2. The van der Waals surface area contributed by atoms with E-state index in [0.717, 1.165) is 32.8 Å². The van der Waals surface area contributed by atoms with Crippen LogP contribution < -0.4 is 10.6 Å². The fourth-order valence-corrected chi connectivity index (χ4v) is 2.61. The Labute approximate surface area is 142 Å². The van der Waals surface area contributed by atoms with Crippen molar-refractivity contribution in [3.63, 3.8) is 0 Å². The van der Waals surface area contributed by atoms with Gasteiger partial charge in [-0.2, -0.15) is 11.8 Å². The summed E-state index contributed by atoms with van der Waals surface area (Å²) in [5.41, 5.74) is -0.488. The van der Waals surface area contributed by atoms with Crippen molar-refractivity contribution < 1.29 is 19.1 Å². The zero-order chi connectivity index (χ0) is 17.1. The minimum atomic E-state index is -0.488. The lowest BCUT2D eigenvalue weighted by Crippen LogP contribution is -2.41. The molecule has 0 atom stereocenters. The lowest BCUT2D eigenvalue weighted by atomic mass is 10.2. The molecule has 0 aromatic rings. The van der Waals surface area contributed by atoms with Crippen LogP contribution in [0.2, 0.25) is 0 Å². The molecule has 2 N–H and O–H groups in total. The number of morpholine rings is 1. The Balaban J connectivity index is 1.94. The van der Waals surface area contributed by atoms with Gasteiger partial charge in [-0.05, 0) is 20.8 Å². The Kier molecular flexibility index (Phi) is 9.35. The Morgan fingerprint density at radius 1 is 1.17 bits per heavy atom. The molecular weight excluding hydrogens is 318 g/mol. The number of alkyl carbamates (subject to hydrolysis) is 1. The SMILES string of the molecule is CC(C)(C)OC(=O)NCCSCC(=O)NCCN1CCOCC1. The zero-order valence-electron chi connectivity index (χ0n) is 14.4. The van der Waals surface area contributed by atoms with Crippen LogP contribution in [-0.4, -0.2) is 79.9 Å². The topological polar surface area (TPSA) is 79.9 Å². The highest BCUT2D eigenvalue weighted by Crippen LogP contribution is 2.06. The number of ether oxygens (including phenoxy) is 2. The highest BCUT2D eigenvalue weighted by atomic mass is 32.2. The summed E-state index contributed by atoms with van der Waals surface area (Å²) in [6, 6.07) is 0. The van der Waals surface area contributed by atoms with Gasteiger partial charge in [-0.1, -0.05) is 0 Å². The Morgan fingerprint density at radius 3 is 2.52 bits per heavy atom. The van der Waals surface area contributed by atoms with Crippen molar-refractivity contribution in [1.82, 2.24) is 15.5 Å². The van der Waals surface area contributed by atoms with E-state index in [0.29, 0.717) is 24.6 Å². The molecule has 0 radical (unpaired) electrons. The van der Waals surface area contributed by atoms with Crippen LogP contribution >= 0.6 is 11.8 Å². The summed E-state index contributed by atoms with van der Waals surface area (Å²) in [4.78, 5) is 25.4. The average Bonchev–Trinajstić information content (AvgIpc) is 2.46. The summed E-state index contributed by atoms with van der Waals surface area (Å²) >= 11 is 1.49. The summed E-state index contributed by atoms with van der Waals surface area (Å²) < 4.78 is 10.4. The molecule has 0 bridgehead atoms. The first-order valence-corrected chi connectivity index (χ1v) is 9.14. The van der Waals surface area contributed by atoms with Gasteiger partial charge >= 0.3 is 6.09 Å². The van der Waals surface area contributed by atoms with Crippen molar-refractivity contribution in [2.45, 2.75) is 26.4 Å². The molecule has 134 valence electrons. The minimum absolute atomic E-state index is 0.0283. The van der Waals surface area contributed by atoms with Gasteiger partial charge in [-0.3, -0.25) is 9.69 Å². The summed E-state index contributed by atoms with van der Waals surface area (Å²) in [5, 5.41) is 5.57. The van der Waals surface area contributed by atoms with E-state index in [1.807, 2.05) is 20.8 Å². The number of hydrogen-bond donors (Lipinski definition) is 2. The summed E-state index contributed by atoms with van der Waals surface area (Å²) in [5.74, 6) is 1.11. The van der Waals surface area contributed by atoms with Gasteiger partial charge in [0.1, 0.15) is 5.60 Å². The lowest BCUT2D eigenvalue weighted by Gasteiger charge is -2.26. The normalized spacial score (nSPS) is 16.0. The zero-order valence-corrected chi connectivity index (χ0v) is 15.2. The van der Waals surface area contributed by atoms with Crippen LogP contribution in [0.1, 0.15) is 20.8 Å². The fourth-order valence-electron chi connectivity index (χ4n) is 1.93. The third-order valence-corrected chi connectivity index (χ3v) is 3.96. The molecule has 0 aromatic heterocycles. The van der Waals surface area contributed by atoms with Gasteiger partial charge in [-0.25, -0.2) is 4.79 Å². The number of thioether (sulfide) groups is 1. The summed E-state index contributed by atoms with van der Waals surface area (Å²) in [7, 11) is 0. The number of hydrogen-bond acceptors (Lipinski definition) is 6. The van der Waals surface area contributed by atoms with Crippen LogP contribution in [0.4, 0.5) is 4.79 Å². The van der Waals surface area contributed by atoms with Gasteiger partial charge in [0.05, 0.1) is 19.0 Å². The van der Waals surface area contributed by atoms with Gasteiger partial charge in [-0.15, -0.1) is 0 Å². The molecule has 7 nitrogen and oxygen atoms in total. The molecule has 1 heterocycles. The largest absolute Gasteiger partial charge is 0.444 e. The monoisotopic (exact) mass is 347 g/mol. The van der Waals surface area contributed by atoms with Crippen LogP contribution in [0.3, 0.4) is 0 Å². The van der Waals surface area contributed by atoms with Crippen LogP contribution in [0, 0.1) is 0 Å². The minimum Gasteiger partial charge on any atom is -0.444 e. The van der Waals surface area contributed by atoms with Crippen LogP contribution in [0.15, 0.2) is 0 Å². The molecular formula is C15H29N3O4S. The number of amides is 2. The van der Waals surface area contributed by atoms with E-state index in [1.54, 1.807) is 0 Å². The van der Waals surface area contributed by atoms with E-state index >= 15 is 0 Å². The van der Waals surface area contributed by atoms with Gasteiger partial charge in [0.2, 0.25) is 5.91 Å². The van der Waals surface area contributed by atoms with Crippen LogP contribution in [0.5, 0.6) is 0 Å². The first kappa shape index (κ1) is 20.1. The van der Waals surface area contributed by atoms with Crippen molar-refractivity contribution in [3.05, 3.63) is 0 Å². The number of nitrogens with one attached hydrogen (secondary N) is 2. The number of nitrogens with zero attached hydrogens (tertiary/aromatic N) is 1. The third-order valence-electron chi connectivity index (χ3n) is 3.00. The molecule has 1 saturated heterocycles. The van der Waals surface area contributed by atoms with Gasteiger partial charge in [0.25, 0.3) is 0 Å². The van der Waals surface area contributed by atoms with Crippen molar-refractivity contribution in [2.24, 2.45) is 0 Å². The maximum absolute atomic E-state index is 11.7. The Morgan fingerprint density at radius 2 is 1.87 bits per heavy atom. The van der Waals surface area contributed by atoms with Gasteiger partial charge in [0.15, 0.2) is 0 Å². The molecule has 1 aliphatic heterocycles. The molecule has 1 rings (SSSR count). The Hall–Kier alpha value is -0.990. The Bertz CT molecular complexity index is 368. The molecule has 23 heavy (non-hydrogen) atoms. The second kappa shape index (κ2) is 10.7. The highest BCUT2D eigenvalue weighted by Gasteiger charge is 2.15. The quantitative estimate of drug-likeness (QED) is 0.629. The highest BCUT2D eigenvalue weighted by molar-refractivity contribution is 7.99. The maximum Gasteiger partial charge on any atom is 0.407 e. The van der Waals surface area contributed by atoms with E-state index in [4.69, 9.17) is 9.47 Å².